The lowest BCUT2D eigenvalue weighted by atomic mass is 10.1. The predicted octanol–water partition coefficient (Wildman–Crippen LogP) is 3.24. The van der Waals surface area contributed by atoms with E-state index in [1.165, 1.54) is 24.3 Å². The molecule has 8 heteroatoms. The van der Waals surface area contributed by atoms with Crippen molar-refractivity contribution in [2.75, 3.05) is 20.2 Å². The van der Waals surface area contributed by atoms with Crippen LogP contribution in [-0.2, 0) is 14.8 Å². The first-order chi connectivity index (χ1) is 12.8. The molecule has 146 valence electrons. The maximum Gasteiger partial charge on any atom is 0.243 e. The Bertz CT molecular complexity index is 885. The van der Waals surface area contributed by atoms with Gasteiger partial charge in [-0.05, 0) is 37.3 Å². The number of hydrogen-bond acceptors (Lipinski definition) is 4. The van der Waals surface area contributed by atoms with E-state index in [9.17, 15) is 13.2 Å². The van der Waals surface area contributed by atoms with Crippen molar-refractivity contribution in [1.82, 2.24) is 9.62 Å². The third-order valence-electron chi connectivity index (χ3n) is 4.11. The van der Waals surface area contributed by atoms with Gasteiger partial charge in [-0.25, -0.2) is 8.42 Å². The van der Waals surface area contributed by atoms with Crippen LogP contribution in [0.15, 0.2) is 53.4 Å². The van der Waals surface area contributed by atoms with Gasteiger partial charge < -0.3 is 10.1 Å². The zero-order chi connectivity index (χ0) is 20.0. The lowest BCUT2D eigenvalue weighted by Crippen LogP contribution is -2.41. The van der Waals surface area contributed by atoms with Crippen LogP contribution in [0.1, 0.15) is 25.5 Å². The number of nitrogens with zero attached hydrogens (tertiary/aromatic N) is 1. The fraction of sp³-hybridized carbons (Fsp3) is 0.316. The van der Waals surface area contributed by atoms with Crippen molar-refractivity contribution in [2.45, 2.75) is 24.8 Å². The SMILES string of the molecule is CCN(CC(=O)N[C@@H](C)c1ccccc1OC)S(=O)(=O)c1ccc(Cl)cc1. The smallest absolute Gasteiger partial charge is 0.243 e. The van der Waals surface area contributed by atoms with Crippen LogP contribution in [0.4, 0.5) is 0 Å². The molecule has 6 nitrogen and oxygen atoms in total. The van der Waals surface area contributed by atoms with Crippen LogP contribution in [0.3, 0.4) is 0 Å². The largest absolute Gasteiger partial charge is 0.496 e. The van der Waals surface area contributed by atoms with Crippen molar-refractivity contribution >= 4 is 27.5 Å². The van der Waals surface area contributed by atoms with Crippen LogP contribution >= 0.6 is 11.6 Å². The zero-order valence-corrected chi connectivity index (χ0v) is 17.0. The van der Waals surface area contributed by atoms with Gasteiger partial charge in [-0.15, -0.1) is 0 Å². The normalized spacial score (nSPS) is 12.6. The molecule has 1 atom stereocenters. The molecular weight excluding hydrogens is 388 g/mol. The fourth-order valence-electron chi connectivity index (χ4n) is 2.67. The molecule has 2 aromatic rings. The number of carbonyl (C=O) groups is 1. The van der Waals surface area contributed by atoms with Crippen molar-refractivity contribution < 1.29 is 17.9 Å². The van der Waals surface area contributed by atoms with Crippen molar-refractivity contribution in [3.05, 3.63) is 59.1 Å². The minimum absolute atomic E-state index is 0.0966. The zero-order valence-electron chi connectivity index (χ0n) is 15.5. The van der Waals surface area contributed by atoms with Gasteiger partial charge in [0, 0.05) is 17.1 Å². The highest BCUT2D eigenvalue weighted by Crippen LogP contribution is 2.24. The van der Waals surface area contributed by atoms with E-state index in [1.54, 1.807) is 20.1 Å². The number of ether oxygens (including phenoxy) is 1. The second-order valence-corrected chi connectivity index (χ2v) is 8.29. The molecule has 0 fully saturated rings. The maximum absolute atomic E-state index is 12.7. The Balaban J connectivity index is 2.11. The van der Waals surface area contributed by atoms with Gasteiger partial charge in [0.1, 0.15) is 5.75 Å². The second kappa shape index (κ2) is 9.21. The summed E-state index contributed by atoms with van der Waals surface area (Å²) in [6, 6.07) is 12.9. The number of hydrogen-bond donors (Lipinski definition) is 1. The molecule has 1 N–H and O–H groups in total. The van der Waals surface area contributed by atoms with E-state index in [-0.39, 0.29) is 24.0 Å². The molecule has 0 unspecified atom stereocenters. The van der Waals surface area contributed by atoms with Crippen LogP contribution in [0.25, 0.3) is 0 Å². The average molecular weight is 411 g/mol. The first-order valence-corrected chi connectivity index (χ1v) is 10.3. The van der Waals surface area contributed by atoms with Crippen molar-refractivity contribution in [3.8, 4) is 5.75 Å². The number of rotatable bonds is 8. The van der Waals surface area contributed by atoms with Crippen LogP contribution in [0.2, 0.25) is 5.02 Å². The number of methoxy groups -OCH3 is 1. The first-order valence-electron chi connectivity index (χ1n) is 8.47. The van der Waals surface area contributed by atoms with E-state index in [4.69, 9.17) is 16.3 Å². The summed E-state index contributed by atoms with van der Waals surface area (Å²) in [4.78, 5) is 12.5. The Labute approximate surface area is 165 Å². The quantitative estimate of drug-likeness (QED) is 0.724. The standard InChI is InChI=1S/C19H23ClN2O4S/c1-4-22(27(24,25)16-11-9-15(20)10-12-16)13-19(23)21-14(2)17-7-5-6-8-18(17)26-3/h5-12,14H,4,13H2,1-3H3,(H,21,23)/t14-/m0/s1. The van der Waals surface area contributed by atoms with Gasteiger partial charge in [-0.1, -0.05) is 36.7 Å². The number of para-hydroxylation sites is 1. The van der Waals surface area contributed by atoms with Crippen LogP contribution in [-0.4, -0.2) is 38.8 Å². The molecule has 0 aliphatic carbocycles. The summed E-state index contributed by atoms with van der Waals surface area (Å²) in [7, 11) is -2.23. The van der Waals surface area contributed by atoms with Gasteiger partial charge in [0.05, 0.1) is 24.6 Å². The summed E-state index contributed by atoms with van der Waals surface area (Å²) >= 11 is 5.82. The highest BCUT2D eigenvalue weighted by atomic mass is 35.5. The Kier molecular flexibility index (Phi) is 7.24. The average Bonchev–Trinajstić information content (AvgIpc) is 2.66. The van der Waals surface area contributed by atoms with Gasteiger partial charge in [-0.3, -0.25) is 4.79 Å². The minimum atomic E-state index is -3.79. The molecule has 1 amide bonds. The molecule has 0 aliphatic heterocycles. The number of nitrogens with one attached hydrogen (secondary N) is 1. The molecule has 27 heavy (non-hydrogen) atoms. The molecule has 0 aliphatic rings. The van der Waals surface area contributed by atoms with Gasteiger partial charge in [0.15, 0.2) is 0 Å². The summed E-state index contributed by atoms with van der Waals surface area (Å²) in [5, 5.41) is 3.27. The molecule has 0 saturated heterocycles. The van der Waals surface area contributed by atoms with Gasteiger partial charge in [0.25, 0.3) is 0 Å². The van der Waals surface area contributed by atoms with E-state index in [0.717, 1.165) is 9.87 Å². The summed E-state index contributed by atoms with van der Waals surface area (Å²) in [6.45, 7) is 3.40. The number of halogens is 1. The Morgan fingerprint density at radius 2 is 1.81 bits per heavy atom. The maximum atomic E-state index is 12.7. The third-order valence-corrected chi connectivity index (χ3v) is 6.29. The number of carbonyl (C=O) groups excluding carboxylic acids is 1. The first kappa shape index (κ1) is 21.2. The number of amides is 1. The highest BCUT2D eigenvalue weighted by Gasteiger charge is 2.26. The van der Waals surface area contributed by atoms with E-state index in [0.29, 0.717) is 10.8 Å². The van der Waals surface area contributed by atoms with E-state index < -0.39 is 15.9 Å². The summed E-state index contributed by atoms with van der Waals surface area (Å²) in [6.07, 6.45) is 0. The third kappa shape index (κ3) is 5.22. The van der Waals surface area contributed by atoms with Crippen molar-refractivity contribution in [1.29, 1.82) is 0 Å². The Hall–Kier alpha value is -2.09. The fourth-order valence-corrected chi connectivity index (χ4v) is 4.20. The van der Waals surface area contributed by atoms with E-state index >= 15 is 0 Å². The van der Waals surface area contributed by atoms with Crippen LogP contribution in [0.5, 0.6) is 5.75 Å². The molecule has 2 aromatic carbocycles. The molecule has 0 radical (unpaired) electrons. The monoisotopic (exact) mass is 410 g/mol. The lowest BCUT2D eigenvalue weighted by Gasteiger charge is -2.22. The Morgan fingerprint density at radius 3 is 2.41 bits per heavy atom. The summed E-state index contributed by atoms with van der Waals surface area (Å²) in [5.41, 5.74) is 0.817. The van der Waals surface area contributed by atoms with Crippen LogP contribution in [0, 0.1) is 0 Å². The van der Waals surface area contributed by atoms with Crippen LogP contribution < -0.4 is 10.1 Å². The highest BCUT2D eigenvalue weighted by molar-refractivity contribution is 7.89. The van der Waals surface area contributed by atoms with Gasteiger partial charge >= 0.3 is 0 Å². The van der Waals surface area contributed by atoms with Gasteiger partial charge in [-0.2, -0.15) is 4.31 Å². The topological polar surface area (TPSA) is 75.7 Å². The Morgan fingerprint density at radius 1 is 1.19 bits per heavy atom. The molecule has 0 saturated carbocycles. The molecule has 0 bridgehead atoms. The molecule has 0 spiro atoms. The van der Waals surface area contributed by atoms with Gasteiger partial charge in [0.2, 0.25) is 15.9 Å². The predicted molar refractivity (Wildman–Crippen MR) is 105 cm³/mol. The van der Waals surface area contributed by atoms with E-state index in [1.807, 2.05) is 25.1 Å². The summed E-state index contributed by atoms with van der Waals surface area (Å²) < 4.78 is 31.9. The molecule has 0 heterocycles. The summed E-state index contributed by atoms with van der Waals surface area (Å²) in [5.74, 6) is 0.263. The van der Waals surface area contributed by atoms with E-state index in [2.05, 4.69) is 5.32 Å². The number of sulfonamides is 1. The number of likely N-dealkylation sites (N-methyl/N-ethyl adjacent to an activating group) is 1. The van der Waals surface area contributed by atoms with Crippen molar-refractivity contribution in [2.24, 2.45) is 0 Å². The second-order valence-electron chi connectivity index (χ2n) is 5.92. The van der Waals surface area contributed by atoms with Crippen molar-refractivity contribution in [3.63, 3.8) is 0 Å². The molecule has 0 aromatic heterocycles. The molecular formula is C19H23ClN2O4S. The lowest BCUT2D eigenvalue weighted by molar-refractivity contribution is -0.121. The minimum Gasteiger partial charge on any atom is -0.496 e. The molecule has 2 rings (SSSR count). The number of benzene rings is 2.